The van der Waals surface area contributed by atoms with Crippen LogP contribution in [0.1, 0.15) is 52.8 Å². The fourth-order valence-corrected chi connectivity index (χ4v) is 7.05. The van der Waals surface area contributed by atoms with Gasteiger partial charge in [0.15, 0.2) is 5.82 Å². The van der Waals surface area contributed by atoms with Gasteiger partial charge in [0.05, 0.1) is 23.2 Å². The van der Waals surface area contributed by atoms with Crippen LogP contribution in [0.4, 0.5) is 5.82 Å². The first-order chi connectivity index (χ1) is 22.7. The number of ether oxygens (including phenoxy) is 2. The van der Waals surface area contributed by atoms with Crippen molar-refractivity contribution in [3.63, 3.8) is 0 Å². The Morgan fingerprint density at radius 2 is 1.64 bits per heavy atom. The number of hydrogen-bond donors (Lipinski definition) is 2. The van der Waals surface area contributed by atoms with Gasteiger partial charge in [-0.25, -0.2) is 19.3 Å². The molecule has 12 heteroatoms. The number of esters is 1. The average Bonchev–Trinajstić information content (AvgIpc) is 3.48. The van der Waals surface area contributed by atoms with Crippen molar-refractivity contribution in [3.05, 3.63) is 90.8 Å². The summed E-state index contributed by atoms with van der Waals surface area (Å²) in [7, 11) is -4.19. The number of pyridine rings is 1. The summed E-state index contributed by atoms with van der Waals surface area (Å²) in [4.78, 5) is 22.6. The van der Waals surface area contributed by atoms with Gasteiger partial charge in [0.1, 0.15) is 35.5 Å². The molecule has 3 atom stereocenters. The molecule has 0 aliphatic carbocycles. The molecule has 0 saturated carbocycles. The molecule has 1 unspecified atom stereocenters. The Labute approximate surface area is 275 Å². The number of benzene rings is 3. The quantitative estimate of drug-likeness (QED) is 0.0626. The highest BCUT2D eigenvalue weighted by molar-refractivity contribution is 7.52. The molecule has 3 N–H and O–H groups in total. The van der Waals surface area contributed by atoms with Crippen molar-refractivity contribution in [2.45, 2.75) is 65.1 Å². The van der Waals surface area contributed by atoms with Crippen molar-refractivity contribution in [2.75, 3.05) is 18.9 Å². The molecule has 5 aromatic rings. The van der Waals surface area contributed by atoms with Crippen molar-refractivity contribution in [1.29, 1.82) is 0 Å². The van der Waals surface area contributed by atoms with Gasteiger partial charge >= 0.3 is 13.7 Å². The number of carbonyl (C=O) groups is 1. The highest BCUT2D eigenvalue weighted by atomic mass is 31.2. The van der Waals surface area contributed by atoms with E-state index in [-0.39, 0.29) is 13.2 Å². The van der Waals surface area contributed by atoms with Crippen LogP contribution in [0.5, 0.6) is 11.5 Å². The van der Waals surface area contributed by atoms with Crippen LogP contribution in [-0.2, 0) is 30.8 Å². The normalized spacial score (nSPS) is 14.8. The molecule has 0 saturated heterocycles. The minimum absolute atomic E-state index is 0.0638. The number of nitrogens with two attached hydrogens (primary N) is 1. The summed E-state index contributed by atoms with van der Waals surface area (Å²) in [6.07, 6.45) is 2.39. The summed E-state index contributed by atoms with van der Waals surface area (Å²) in [6.45, 7) is 8.26. The number of unbranched alkanes of at least 4 members (excludes halogenated alkanes) is 1. The zero-order chi connectivity index (χ0) is 33.4. The van der Waals surface area contributed by atoms with E-state index in [0.29, 0.717) is 41.7 Å². The van der Waals surface area contributed by atoms with Crippen LogP contribution in [0, 0.1) is 0 Å². The lowest BCUT2D eigenvalue weighted by molar-refractivity contribution is -0.136. The largest absolute Gasteiger partial charge is 0.459 e. The molecule has 0 aliphatic heterocycles. The third kappa shape index (κ3) is 8.00. The molecule has 5 rings (SSSR count). The van der Waals surface area contributed by atoms with E-state index < -0.39 is 25.3 Å². The standard InChI is InChI=1S/C35H42N5O6P/c1-5-7-22-35(4,40-30(23-43-6-2)38-31-32(40)28-20-14-15-21-29(28)37-33(31)36)24-44-47(42,46-27-18-12-9-13-19-27)39-25(3)34(41)45-26-16-10-8-11-17-26/h8-21,25H,5-7,22-24H2,1-4H3,(H2,36,37)(H,39,42)/t25-,35?,47-/m0/s1. The molecule has 0 aliphatic rings. The summed E-state index contributed by atoms with van der Waals surface area (Å²) in [5.74, 6) is 0.990. The van der Waals surface area contributed by atoms with Crippen LogP contribution in [0.15, 0.2) is 84.9 Å². The van der Waals surface area contributed by atoms with Crippen LogP contribution in [0.2, 0.25) is 0 Å². The first-order valence-electron chi connectivity index (χ1n) is 15.8. The van der Waals surface area contributed by atoms with Gasteiger partial charge in [-0.05, 0) is 57.5 Å². The van der Waals surface area contributed by atoms with Crippen LogP contribution in [-0.4, -0.2) is 39.8 Å². The Hall–Kier alpha value is -4.28. The lowest BCUT2D eigenvalue weighted by Gasteiger charge is -2.35. The van der Waals surface area contributed by atoms with Crippen molar-refractivity contribution >= 4 is 41.5 Å². The highest BCUT2D eigenvalue weighted by Crippen LogP contribution is 2.47. The van der Waals surface area contributed by atoms with E-state index in [4.69, 9.17) is 29.2 Å². The number of para-hydroxylation sites is 3. The SMILES string of the molecule is CCCCC(C)(CO[P@@](=O)(N[C@@H](C)C(=O)Oc1ccccc1)Oc1ccccc1)n1c(COCC)nc2c(N)nc3ccccc3c21. The molecule has 0 fully saturated rings. The van der Waals surface area contributed by atoms with Gasteiger partial charge < -0.3 is 24.3 Å². The van der Waals surface area contributed by atoms with Gasteiger partial charge in [0, 0.05) is 12.0 Å². The van der Waals surface area contributed by atoms with Crippen LogP contribution >= 0.6 is 7.75 Å². The molecule has 11 nitrogen and oxygen atoms in total. The monoisotopic (exact) mass is 659 g/mol. The summed E-state index contributed by atoms with van der Waals surface area (Å²) in [6, 6.07) is 24.1. The van der Waals surface area contributed by atoms with E-state index in [1.807, 2.05) is 50.2 Å². The second-order valence-electron chi connectivity index (χ2n) is 11.6. The first-order valence-corrected chi connectivity index (χ1v) is 17.4. The fraction of sp³-hybridized carbons (Fsp3) is 0.343. The second-order valence-corrected chi connectivity index (χ2v) is 13.3. The molecule has 0 bridgehead atoms. The third-order valence-corrected chi connectivity index (χ3v) is 9.44. The molecule has 3 aromatic carbocycles. The molecular formula is C35H42N5O6P. The topological polar surface area (TPSA) is 140 Å². The molecule has 0 radical (unpaired) electrons. The zero-order valence-electron chi connectivity index (χ0n) is 27.2. The van der Waals surface area contributed by atoms with Gasteiger partial charge in [0.25, 0.3) is 0 Å². The molecule has 0 spiro atoms. The van der Waals surface area contributed by atoms with Gasteiger partial charge in [0.2, 0.25) is 0 Å². The van der Waals surface area contributed by atoms with Crippen LogP contribution in [0.25, 0.3) is 21.9 Å². The lowest BCUT2D eigenvalue weighted by atomic mass is 9.94. The smallest absolute Gasteiger partial charge is 0.425 e. The van der Waals surface area contributed by atoms with Gasteiger partial charge in [-0.2, -0.15) is 5.09 Å². The fourth-order valence-electron chi connectivity index (χ4n) is 5.44. The van der Waals surface area contributed by atoms with Gasteiger partial charge in [-0.3, -0.25) is 4.52 Å². The summed E-state index contributed by atoms with van der Waals surface area (Å²) in [5, 5.41) is 3.69. The molecule has 47 heavy (non-hydrogen) atoms. The number of nitrogens with one attached hydrogen (secondary N) is 1. The Morgan fingerprint density at radius 1 is 0.979 bits per heavy atom. The molecule has 248 valence electrons. The van der Waals surface area contributed by atoms with E-state index in [1.165, 1.54) is 0 Å². The summed E-state index contributed by atoms with van der Waals surface area (Å²) >= 11 is 0. The Bertz CT molecular complexity index is 1850. The van der Waals surface area contributed by atoms with Crippen LogP contribution < -0.4 is 20.1 Å². The number of anilines is 1. The van der Waals surface area contributed by atoms with Crippen molar-refractivity contribution in [2.24, 2.45) is 0 Å². The number of nitrogen functional groups attached to an aromatic ring is 1. The average molecular weight is 660 g/mol. The van der Waals surface area contributed by atoms with Gasteiger partial charge in [-0.1, -0.05) is 74.4 Å². The summed E-state index contributed by atoms with van der Waals surface area (Å²) in [5.41, 5.74) is 7.73. The third-order valence-electron chi connectivity index (χ3n) is 7.81. The number of aromatic nitrogens is 3. The Balaban J connectivity index is 1.55. The number of fused-ring (bicyclic) bond motifs is 3. The molecule has 0 amide bonds. The Morgan fingerprint density at radius 3 is 2.32 bits per heavy atom. The van der Waals surface area contributed by atoms with Gasteiger partial charge in [-0.15, -0.1) is 0 Å². The zero-order valence-corrected chi connectivity index (χ0v) is 28.1. The van der Waals surface area contributed by atoms with E-state index >= 15 is 0 Å². The second kappa shape index (κ2) is 15.1. The number of rotatable bonds is 16. The molecular weight excluding hydrogens is 617 g/mol. The van der Waals surface area contributed by atoms with Crippen molar-refractivity contribution in [1.82, 2.24) is 19.6 Å². The minimum atomic E-state index is -4.19. The first kappa shape index (κ1) is 34.1. The van der Waals surface area contributed by atoms with E-state index in [1.54, 1.807) is 55.5 Å². The highest BCUT2D eigenvalue weighted by Gasteiger charge is 2.39. The Kier molecular flexibility index (Phi) is 10.9. The number of hydrogen-bond acceptors (Lipinski definition) is 9. The number of nitrogens with zero attached hydrogens (tertiary/aromatic N) is 3. The number of carbonyl (C=O) groups excluding carboxylic acids is 1. The minimum Gasteiger partial charge on any atom is -0.425 e. The molecule has 2 aromatic heterocycles. The molecule has 2 heterocycles. The number of imidazole rings is 1. The van der Waals surface area contributed by atoms with E-state index in [9.17, 15) is 9.36 Å². The maximum Gasteiger partial charge on any atom is 0.459 e. The van der Waals surface area contributed by atoms with E-state index in [0.717, 1.165) is 29.3 Å². The summed E-state index contributed by atoms with van der Waals surface area (Å²) < 4.78 is 40.4. The van der Waals surface area contributed by atoms with Crippen LogP contribution in [0.3, 0.4) is 0 Å². The lowest BCUT2D eigenvalue weighted by Crippen LogP contribution is -2.40. The van der Waals surface area contributed by atoms with Crippen molar-refractivity contribution in [3.8, 4) is 11.5 Å². The van der Waals surface area contributed by atoms with Crippen molar-refractivity contribution < 1.29 is 27.9 Å². The predicted molar refractivity (Wildman–Crippen MR) is 183 cm³/mol. The maximum atomic E-state index is 14.6. The predicted octanol–water partition coefficient (Wildman–Crippen LogP) is 7.40. The maximum absolute atomic E-state index is 14.6. The van der Waals surface area contributed by atoms with E-state index in [2.05, 4.69) is 21.6 Å².